The summed E-state index contributed by atoms with van der Waals surface area (Å²) in [6.07, 6.45) is -0.811. The molecule has 1 amide bonds. The lowest BCUT2D eigenvalue weighted by molar-refractivity contribution is 0.0370. The first-order chi connectivity index (χ1) is 17.5. The van der Waals surface area contributed by atoms with E-state index in [1.807, 2.05) is 63.2 Å². The third-order valence-electron chi connectivity index (χ3n) is 6.36. The van der Waals surface area contributed by atoms with Crippen LogP contribution in [0, 0.1) is 12.8 Å². The molecule has 7 nitrogen and oxygen atoms in total. The minimum atomic E-state index is -3.96. The molecule has 0 fully saturated rings. The van der Waals surface area contributed by atoms with E-state index >= 15 is 0 Å². The van der Waals surface area contributed by atoms with Gasteiger partial charge in [-0.2, -0.15) is 4.31 Å². The third-order valence-corrected chi connectivity index (χ3v) is 8.20. The molecule has 0 unspecified atom stereocenters. The van der Waals surface area contributed by atoms with Crippen LogP contribution in [-0.4, -0.2) is 66.0 Å². The van der Waals surface area contributed by atoms with Gasteiger partial charge in [0.15, 0.2) is 0 Å². The quantitative estimate of drug-likeness (QED) is 0.394. The van der Waals surface area contributed by atoms with Gasteiger partial charge in [0.05, 0.1) is 17.0 Å². The second kappa shape index (κ2) is 12.4. The molecule has 8 heteroatoms. The van der Waals surface area contributed by atoms with Gasteiger partial charge >= 0.3 is 0 Å². The van der Waals surface area contributed by atoms with E-state index in [0.29, 0.717) is 12.0 Å². The van der Waals surface area contributed by atoms with Gasteiger partial charge < -0.3 is 15.1 Å². The molecule has 0 bridgehead atoms. The molecular weight excluding hydrogens is 488 g/mol. The van der Waals surface area contributed by atoms with Crippen LogP contribution in [0.15, 0.2) is 83.8 Å². The van der Waals surface area contributed by atoms with E-state index in [0.717, 1.165) is 11.1 Å². The number of aliphatic hydroxyl groups excluding tert-OH is 1. The highest BCUT2D eigenvalue weighted by molar-refractivity contribution is 7.89. The van der Waals surface area contributed by atoms with Gasteiger partial charge in [0.2, 0.25) is 10.0 Å². The van der Waals surface area contributed by atoms with Crippen LogP contribution in [0.3, 0.4) is 0 Å². The lowest BCUT2D eigenvalue weighted by Crippen LogP contribution is -2.51. The first kappa shape index (κ1) is 28.4. The number of rotatable bonds is 11. The van der Waals surface area contributed by atoms with E-state index in [1.54, 1.807) is 19.2 Å². The van der Waals surface area contributed by atoms with E-state index in [1.165, 1.54) is 33.5 Å². The molecule has 3 aromatic rings. The fourth-order valence-electron chi connectivity index (χ4n) is 4.32. The predicted molar refractivity (Wildman–Crippen MR) is 145 cm³/mol. The van der Waals surface area contributed by atoms with Gasteiger partial charge in [-0.15, -0.1) is 0 Å². The topological polar surface area (TPSA) is 98.2 Å². The smallest absolute Gasteiger partial charge is 0.254 e. The minimum absolute atomic E-state index is 0.00186. The number of nitrogens with zero attached hydrogens (tertiary/aromatic N) is 2. The van der Waals surface area contributed by atoms with E-state index in [-0.39, 0.29) is 35.6 Å². The Balaban J connectivity index is 1.95. The number of phenols is 1. The average molecular weight is 525 g/mol. The first-order valence-corrected chi connectivity index (χ1v) is 13.8. The zero-order chi connectivity index (χ0) is 27.2. The second-order valence-electron chi connectivity index (χ2n) is 9.77. The lowest BCUT2D eigenvalue weighted by Gasteiger charge is -2.35. The number of carbonyl (C=O) groups excluding carboxylic acids is 1. The average Bonchev–Trinajstić information content (AvgIpc) is 2.87. The number of hydrogen-bond donors (Lipinski definition) is 2. The Hall–Kier alpha value is -3.20. The molecule has 2 N–H and O–H groups in total. The fourth-order valence-corrected chi connectivity index (χ4v) is 5.94. The van der Waals surface area contributed by atoms with Crippen LogP contribution < -0.4 is 0 Å². The molecule has 0 saturated heterocycles. The molecule has 0 spiro atoms. The molecule has 0 radical (unpaired) electrons. The summed E-state index contributed by atoms with van der Waals surface area (Å²) in [5, 5.41) is 21.1. The number of sulfonamides is 1. The van der Waals surface area contributed by atoms with Crippen LogP contribution in [0.4, 0.5) is 0 Å². The minimum Gasteiger partial charge on any atom is -0.508 e. The van der Waals surface area contributed by atoms with Gasteiger partial charge in [-0.05, 0) is 60.7 Å². The van der Waals surface area contributed by atoms with Crippen molar-refractivity contribution in [3.05, 3.63) is 95.6 Å². The maximum Gasteiger partial charge on any atom is 0.254 e. The van der Waals surface area contributed by atoms with E-state index in [4.69, 9.17) is 0 Å². The molecule has 0 saturated carbocycles. The molecule has 3 rings (SSSR count). The van der Waals surface area contributed by atoms with Gasteiger partial charge in [-0.1, -0.05) is 62.4 Å². The highest BCUT2D eigenvalue weighted by Gasteiger charge is 2.34. The fraction of sp³-hybridized carbons (Fsp3) is 0.345. The van der Waals surface area contributed by atoms with Gasteiger partial charge in [-0.25, -0.2) is 8.42 Å². The molecule has 0 aliphatic rings. The van der Waals surface area contributed by atoms with Crippen molar-refractivity contribution in [1.82, 2.24) is 9.21 Å². The van der Waals surface area contributed by atoms with Crippen molar-refractivity contribution in [2.24, 2.45) is 5.92 Å². The molecule has 0 heterocycles. The van der Waals surface area contributed by atoms with Crippen LogP contribution in [0.25, 0.3) is 0 Å². The monoisotopic (exact) mass is 524 g/mol. The SMILES string of the molecule is Cc1ccccc1C(=O)N(C)[C@@H](Cc1ccccc1)[C@H](O)CN(CC(C)C)S(=O)(=O)c1ccc(O)cc1. The Kier molecular flexibility index (Phi) is 9.48. The molecular formula is C29H36N2O5S. The maximum atomic E-state index is 13.5. The number of aliphatic hydroxyl groups is 1. The molecule has 2 atom stereocenters. The van der Waals surface area contributed by atoms with E-state index in [9.17, 15) is 23.4 Å². The number of aryl methyl sites for hydroxylation is 1. The number of carbonyl (C=O) groups is 1. The van der Waals surface area contributed by atoms with E-state index < -0.39 is 22.2 Å². The lowest BCUT2D eigenvalue weighted by atomic mass is 9.98. The summed E-state index contributed by atoms with van der Waals surface area (Å²) in [4.78, 5) is 15.0. The standard InChI is InChI=1S/C29H36N2O5S/c1-21(2)19-31(37(35,36)25-16-14-24(32)15-17-25)20-28(33)27(18-23-11-6-5-7-12-23)30(4)29(34)26-13-9-8-10-22(26)3/h5-17,21,27-28,32-33H,18-20H2,1-4H3/t27-,28+/m0/s1. The summed E-state index contributed by atoms with van der Waals surface area (Å²) in [6, 6.07) is 21.4. The van der Waals surface area contributed by atoms with Gasteiger partial charge in [0, 0.05) is 25.7 Å². The number of hydrogen-bond acceptors (Lipinski definition) is 5. The zero-order valence-electron chi connectivity index (χ0n) is 21.8. The number of likely N-dealkylation sites (N-methyl/N-ethyl adjacent to an activating group) is 1. The van der Waals surface area contributed by atoms with Crippen molar-refractivity contribution in [1.29, 1.82) is 0 Å². The summed E-state index contributed by atoms with van der Waals surface area (Å²) in [7, 11) is -2.31. The number of amides is 1. The van der Waals surface area contributed by atoms with Crippen molar-refractivity contribution in [2.75, 3.05) is 20.1 Å². The van der Waals surface area contributed by atoms with Gasteiger partial charge in [0.1, 0.15) is 5.75 Å². The van der Waals surface area contributed by atoms with Crippen molar-refractivity contribution >= 4 is 15.9 Å². The Morgan fingerprint density at radius 1 is 0.892 bits per heavy atom. The molecule has 37 heavy (non-hydrogen) atoms. The largest absolute Gasteiger partial charge is 0.508 e. The second-order valence-corrected chi connectivity index (χ2v) is 11.7. The van der Waals surface area contributed by atoms with Crippen LogP contribution >= 0.6 is 0 Å². The van der Waals surface area contributed by atoms with E-state index in [2.05, 4.69) is 0 Å². The predicted octanol–water partition coefficient (Wildman–Crippen LogP) is 4.09. The summed E-state index contributed by atoms with van der Waals surface area (Å²) >= 11 is 0. The summed E-state index contributed by atoms with van der Waals surface area (Å²) in [6.45, 7) is 5.67. The number of phenolic OH excluding ortho intramolecular Hbond substituents is 1. The number of benzene rings is 3. The number of aromatic hydroxyl groups is 1. The van der Waals surface area contributed by atoms with Crippen LogP contribution in [-0.2, 0) is 16.4 Å². The summed E-state index contributed by atoms with van der Waals surface area (Å²) in [5.41, 5.74) is 2.28. The van der Waals surface area contributed by atoms with Crippen LogP contribution in [0.5, 0.6) is 5.75 Å². The van der Waals surface area contributed by atoms with Crippen molar-refractivity contribution in [3.8, 4) is 5.75 Å². The third kappa shape index (κ3) is 7.19. The maximum absolute atomic E-state index is 13.5. The Morgan fingerprint density at radius 2 is 1.49 bits per heavy atom. The van der Waals surface area contributed by atoms with Crippen LogP contribution in [0.1, 0.15) is 35.3 Å². The Bertz CT molecular complexity index is 1280. The summed E-state index contributed by atoms with van der Waals surface area (Å²) in [5.74, 6) is -0.276. The van der Waals surface area contributed by atoms with Crippen molar-refractivity contribution < 1.29 is 23.4 Å². The molecule has 0 aliphatic heterocycles. The van der Waals surface area contributed by atoms with Crippen LogP contribution in [0.2, 0.25) is 0 Å². The van der Waals surface area contributed by atoms with Crippen molar-refractivity contribution in [3.63, 3.8) is 0 Å². The van der Waals surface area contributed by atoms with Crippen molar-refractivity contribution in [2.45, 2.75) is 44.2 Å². The first-order valence-electron chi connectivity index (χ1n) is 12.3. The molecule has 0 aliphatic carbocycles. The Morgan fingerprint density at radius 3 is 2.08 bits per heavy atom. The van der Waals surface area contributed by atoms with Gasteiger partial charge in [-0.3, -0.25) is 4.79 Å². The van der Waals surface area contributed by atoms with Gasteiger partial charge in [0.25, 0.3) is 5.91 Å². The normalized spacial score (nSPS) is 13.5. The Labute approximate surface area is 220 Å². The molecule has 198 valence electrons. The summed E-state index contributed by atoms with van der Waals surface area (Å²) < 4.78 is 28.3. The highest BCUT2D eigenvalue weighted by Crippen LogP contribution is 2.23. The highest BCUT2D eigenvalue weighted by atomic mass is 32.2. The zero-order valence-corrected chi connectivity index (χ0v) is 22.6. The molecule has 0 aromatic heterocycles. The molecule has 3 aromatic carbocycles.